The summed E-state index contributed by atoms with van der Waals surface area (Å²) in [5.41, 5.74) is 2.70. The molecule has 0 aliphatic carbocycles. The normalized spacial score (nSPS) is 11.6. The molecule has 0 saturated heterocycles. The Kier molecular flexibility index (Phi) is 9.66. The van der Waals surface area contributed by atoms with Crippen LogP contribution in [0.2, 0.25) is 0 Å². The van der Waals surface area contributed by atoms with E-state index >= 15 is 0 Å². The Balaban J connectivity index is 1.91. The van der Waals surface area contributed by atoms with Crippen molar-refractivity contribution in [2.24, 2.45) is 5.92 Å². The lowest BCUT2D eigenvalue weighted by molar-refractivity contribution is 0.0600. The predicted octanol–water partition coefficient (Wildman–Crippen LogP) is 4.96. The van der Waals surface area contributed by atoms with E-state index in [4.69, 9.17) is 18.9 Å². The fraction of sp³-hybridized carbons (Fsp3) is 0.333. The van der Waals surface area contributed by atoms with Gasteiger partial charge in [-0.05, 0) is 43.5 Å². The lowest BCUT2D eigenvalue weighted by Crippen LogP contribution is -2.28. The summed E-state index contributed by atoms with van der Waals surface area (Å²) in [6, 6.07) is 10.3. The fourth-order valence-electron chi connectivity index (χ4n) is 4.22. The van der Waals surface area contributed by atoms with Crippen LogP contribution < -0.4 is 24.2 Å². The van der Waals surface area contributed by atoms with Crippen molar-refractivity contribution in [2.75, 3.05) is 33.2 Å². The number of anilines is 2. The van der Waals surface area contributed by atoms with Crippen molar-refractivity contribution < 1.29 is 32.2 Å². The molecule has 2 N–H and O–H groups in total. The van der Waals surface area contributed by atoms with Crippen LogP contribution in [0.1, 0.15) is 38.1 Å². The minimum atomic E-state index is -3.99. The zero-order chi connectivity index (χ0) is 31.3. The summed E-state index contributed by atoms with van der Waals surface area (Å²) in [5.74, 6) is 0.230. The molecule has 13 heteroatoms. The van der Waals surface area contributed by atoms with Gasteiger partial charge in [0.05, 0.1) is 49.8 Å². The molecule has 12 nitrogen and oxygen atoms in total. The molecule has 4 aromatic rings. The summed E-state index contributed by atoms with van der Waals surface area (Å²) in [6.07, 6.45) is 2.71. The van der Waals surface area contributed by atoms with Crippen molar-refractivity contribution in [2.45, 2.75) is 38.7 Å². The molecule has 0 spiro atoms. The van der Waals surface area contributed by atoms with E-state index in [9.17, 15) is 13.2 Å². The topological polar surface area (TPSA) is 151 Å². The van der Waals surface area contributed by atoms with Gasteiger partial charge in [-0.1, -0.05) is 26.0 Å². The Hall–Kier alpha value is -4.49. The third-order valence-electron chi connectivity index (χ3n) is 6.19. The SMILES string of the molecule is COC(=O)c1cc(Nc2c(S(=O)(=O)NCC(C)C)cnc3cc(-c4cnc(OC)nc4OC)ccc23)cc(OC(C)C)c1. The number of esters is 1. The number of hydrogen-bond acceptors (Lipinski definition) is 11. The monoisotopic (exact) mass is 609 g/mol. The smallest absolute Gasteiger partial charge is 0.338 e. The van der Waals surface area contributed by atoms with E-state index in [0.717, 1.165) is 0 Å². The van der Waals surface area contributed by atoms with Crippen LogP contribution in [0.3, 0.4) is 0 Å². The Bertz CT molecular complexity index is 1740. The van der Waals surface area contributed by atoms with Crippen LogP contribution in [0.5, 0.6) is 17.6 Å². The molecule has 2 aromatic heterocycles. The first-order valence-electron chi connectivity index (χ1n) is 13.5. The molecular weight excluding hydrogens is 574 g/mol. The number of nitrogens with zero attached hydrogens (tertiary/aromatic N) is 3. The largest absolute Gasteiger partial charge is 0.491 e. The quantitative estimate of drug-likeness (QED) is 0.210. The number of benzene rings is 2. The van der Waals surface area contributed by atoms with E-state index in [1.807, 2.05) is 27.7 Å². The molecular formula is C30H35N5O7S. The van der Waals surface area contributed by atoms with Crippen LogP contribution in [0, 0.1) is 5.92 Å². The van der Waals surface area contributed by atoms with Gasteiger partial charge in [-0.3, -0.25) is 4.98 Å². The van der Waals surface area contributed by atoms with Gasteiger partial charge in [0, 0.05) is 36.1 Å². The zero-order valence-electron chi connectivity index (χ0n) is 25.1. The summed E-state index contributed by atoms with van der Waals surface area (Å²) in [5, 5.41) is 3.74. The van der Waals surface area contributed by atoms with E-state index < -0.39 is 16.0 Å². The average molecular weight is 610 g/mol. The van der Waals surface area contributed by atoms with E-state index in [-0.39, 0.29) is 40.7 Å². The number of carbonyl (C=O) groups is 1. The first kappa shape index (κ1) is 31.4. The van der Waals surface area contributed by atoms with Crippen LogP contribution >= 0.6 is 0 Å². The van der Waals surface area contributed by atoms with Crippen LogP contribution in [0.25, 0.3) is 22.0 Å². The standard InChI is InChI=1S/C30H35N5O7S/c1-17(2)14-33-43(37,38)26-16-31-25-12-19(24-15-32-30(41-7)35-28(24)39-5)8-9-23(25)27(26)34-21-10-20(29(36)40-6)11-22(13-21)42-18(3)4/h8-13,15-18,33H,14H2,1-7H3,(H,31,34). The maximum Gasteiger partial charge on any atom is 0.338 e. The predicted molar refractivity (Wildman–Crippen MR) is 163 cm³/mol. The number of nitrogens with one attached hydrogen (secondary N) is 2. The minimum absolute atomic E-state index is 0.0615. The summed E-state index contributed by atoms with van der Waals surface area (Å²) in [6.45, 7) is 7.78. The number of rotatable bonds is 12. The van der Waals surface area contributed by atoms with Crippen molar-refractivity contribution in [1.82, 2.24) is 19.7 Å². The lowest BCUT2D eigenvalue weighted by Gasteiger charge is -2.18. The maximum atomic E-state index is 13.5. The Morgan fingerprint density at radius 2 is 1.72 bits per heavy atom. The Morgan fingerprint density at radius 1 is 0.953 bits per heavy atom. The van der Waals surface area contributed by atoms with Crippen molar-refractivity contribution in [3.05, 3.63) is 54.4 Å². The molecule has 0 saturated carbocycles. The van der Waals surface area contributed by atoms with Crippen LogP contribution in [0.4, 0.5) is 11.4 Å². The van der Waals surface area contributed by atoms with Gasteiger partial charge >= 0.3 is 12.0 Å². The molecule has 0 fully saturated rings. The molecule has 0 amide bonds. The molecule has 4 rings (SSSR count). The number of hydrogen-bond donors (Lipinski definition) is 2. The summed E-state index contributed by atoms with van der Waals surface area (Å²) < 4.78 is 51.0. The van der Waals surface area contributed by atoms with E-state index in [1.54, 1.807) is 42.6 Å². The van der Waals surface area contributed by atoms with Gasteiger partial charge in [0.2, 0.25) is 15.9 Å². The third-order valence-corrected chi connectivity index (χ3v) is 7.63. The second-order valence-electron chi connectivity index (χ2n) is 10.3. The second kappa shape index (κ2) is 13.2. The van der Waals surface area contributed by atoms with E-state index in [1.165, 1.54) is 27.5 Å². The van der Waals surface area contributed by atoms with Gasteiger partial charge in [0.25, 0.3) is 0 Å². The molecule has 0 aliphatic rings. The molecule has 0 atom stereocenters. The van der Waals surface area contributed by atoms with Crippen molar-refractivity contribution >= 4 is 38.3 Å². The van der Waals surface area contributed by atoms with Gasteiger partial charge < -0.3 is 24.3 Å². The highest BCUT2D eigenvalue weighted by Crippen LogP contribution is 2.37. The Morgan fingerprint density at radius 3 is 2.37 bits per heavy atom. The second-order valence-corrected chi connectivity index (χ2v) is 12.0. The molecule has 0 unspecified atom stereocenters. The Labute approximate surface area is 250 Å². The highest BCUT2D eigenvalue weighted by Gasteiger charge is 2.23. The summed E-state index contributed by atoms with van der Waals surface area (Å²) in [4.78, 5) is 25.3. The van der Waals surface area contributed by atoms with Gasteiger partial charge in [0.1, 0.15) is 10.6 Å². The average Bonchev–Trinajstić information content (AvgIpc) is 2.98. The van der Waals surface area contributed by atoms with Gasteiger partial charge in [-0.15, -0.1) is 0 Å². The highest BCUT2D eigenvalue weighted by atomic mass is 32.2. The number of methoxy groups -OCH3 is 3. The van der Waals surface area contributed by atoms with E-state index in [0.29, 0.717) is 39.3 Å². The van der Waals surface area contributed by atoms with Crippen molar-refractivity contribution in [3.63, 3.8) is 0 Å². The lowest BCUT2D eigenvalue weighted by atomic mass is 10.0. The van der Waals surface area contributed by atoms with E-state index in [2.05, 4.69) is 25.0 Å². The van der Waals surface area contributed by atoms with Crippen LogP contribution in [-0.2, 0) is 14.8 Å². The summed E-state index contributed by atoms with van der Waals surface area (Å²) in [7, 11) is 0.250. The maximum absolute atomic E-state index is 13.5. The molecule has 228 valence electrons. The minimum Gasteiger partial charge on any atom is -0.491 e. The molecule has 43 heavy (non-hydrogen) atoms. The molecule has 0 bridgehead atoms. The molecule has 2 heterocycles. The fourth-order valence-corrected chi connectivity index (χ4v) is 5.55. The number of carbonyl (C=O) groups excluding carboxylic acids is 1. The molecule has 0 radical (unpaired) electrons. The number of fused-ring (bicyclic) bond motifs is 1. The summed E-state index contributed by atoms with van der Waals surface area (Å²) >= 11 is 0. The first-order chi connectivity index (χ1) is 20.4. The molecule has 2 aromatic carbocycles. The zero-order valence-corrected chi connectivity index (χ0v) is 25.9. The van der Waals surface area contributed by atoms with Gasteiger partial charge in [0.15, 0.2) is 0 Å². The van der Waals surface area contributed by atoms with Gasteiger partial charge in [-0.2, -0.15) is 4.98 Å². The van der Waals surface area contributed by atoms with Crippen LogP contribution in [0.15, 0.2) is 53.7 Å². The number of pyridine rings is 1. The number of ether oxygens (including phenoxy) is 4. The van der Waals surface area contributed by atoms with Crippen LogP contribution in [-0.4, -0.2) is 63.3 Å². The number of sulfonamides is 1. The van der Waals surface area contributed by atoms with Gasteiger partial charge in [-0.25, -0.2) is 22.9 Å². The van der Waals surface area contributed by atoms with Crippen molar-refractivity contribution in [1.29, 1.82) is 0 Å². The van der Waals surface area contributed by atoms with Crippen molar-refractivity contribution in [3.8, 4) is 28.8 Å². The first-order valence-corrected chi connectivity index (χ1v) is 15.0. The number of aromatic nitrogens is 3. The molecule has 0 aliphatic heterocycles. The third kappa shape index (κ3) is 7.30. The highest BCUT2D eigenvalue weighted by molar-refractivity contribution is 7.89.